The van der Waals surface area contributed by atoms with E-state index >= 15 is 0 Å². The molecule has 1 rings (SSSR count). The zero-order chi connectivity index (χ0) is 12.2. The lowest BCUT2D eigenvalue weighted by Crippen LogP contribution is -2.33. The molecule has 0 fully saturated rings. The minimum atomic E-state index is -3.30. The molecule has 0 heterocycles. The molecule has 1 unspecified atom stereocenters. The maximum atomic E-state index is 11.8. The first kappa shape index (κ1) is 13.0. The molecule has 0 saturated heterocycles. The van der Waals surface area contributed by atoms with Crippen molar-refractivity contribution >= 4 is 15.7 Å². The highest BCUT2D eigenvalue weighted by Crippen LogP contribution is 2.13. The Morgan fingerprint density at radius 1 is 1.38 bits per heavy atom. The first-order valence-corrected chi connectivity index (χ1v) is 6.93. The van der Waals surface area contributed by atoms with Gasteiger partial charge in [-0.25, -0.2) is 13.1 Å². The molecule has 1 aromatic rings. The summed E-state index contributed by atoms with van der Waals surface area (Å²) in [6.45, 7) is 3.77. The van der Waals surface area contributed by atoms with Crippen molar-refractivity contribution in [3.05, 3.63) is 29.8 Å². The van der Waals surface area contributed by atoms with E-state index in [0.29, 0.717) is 11.3 Å². The lowest BCUT2D eigenvalue weighted by atomic mass is 10.2. The molecule has 0 spiro atoms. The molecule has 0 amide bonds. The van der Waals surface area contributed by atoms with Gasteiger partial charge in [-0.2, -0.15) is 0 Å². The van der Waals surface area contributed by atoms with Crippen LogP contribution < -0.4 is 10.5 Å². The van der Waals surface area contributed by atoms with Crippen LogP contribution in [0.5, 0.6) is 0 Å². The van der Waals surface area contributed by atoms with Crippen LogP contribution in [0.2, 0.25) is 0 Å². The van der Waals surface area contributed by atoms with Gasteiger partial charge in [0.2, 0.25) is 10.0 Å². The predicted molar refractivity (Wildman–Crippen MR) is 66.4 cm³/mol. The van der Waals surface area contributed by atoms with Crippen molar-refractivity contribution in [3.8, 4) is 0 Å². The van der Waals surface area contributed by atoms with Gasteiger partial charge in [0, 0.05) is 11.7 Å². The minimum Gasteiger partial charge on any atom is -0.398 e. The van der Waals surface area contributed by atoms with E-state index in [9.17, 15) is 8.42 Å². The van der Waals surface area contributed by atoms with Crippen molar-refractivity contribution in [2.45, 2.75) is 32.1 Å². The first-order valence-electron chi connectivity index (χ1n) is 5.28. The topological polar surface area (TPSA) is 72.2 Å². The lowest BCUT2D eigenvalue weighted by Gasteiger charge is -2.12. The van der Waals surface area contributed by atoms with Crippen LogP contribution in [0.3, 0.4) is 0 Å². The summed E-state index contributed by atoms with van der Waals surface area (Å²) in [6.07, 6.45) is 0.767. The maximum Gasteiger partial charge on any atom is 0.216 e. The molecule has 90 valence electrons. The van der Waals surface area contributed by atoms with E-state index in [2.05, 4.69) is 4.72 Å². The number of anilines is 1. The Hall–Kier alpha value is -1.07. The molecule has 3 N–H and O–H groups in total. The van der Waals surface area contributed by atoms with E-state index in [4.69, 9.17) is 5.73 Å². The Bertz CT molecular complexity index is 443. The third kappa shape index (κ3) is 3.83. The number of nitrogens with one attached hydrogen (secondary N) is 1. The van der Waals surface area contributed by atoms with Crippen molar-refractivity contribution in [1.82, 2.24) is 4.72 Å². The molecule has 0 radical (unpaired) electrons. The van der Waals surface area contributed by atoms with Crippen LogP contribution in [-0.2, 0) is 15.8 Å². The largest absolute Gasteiger partial charge is 0.398 e. The van der Waals surface area contributed by atoms with Gasteiger partial charge in [-0.1, -0.05) is 25.1 Å². The Kier molecular flexibility index (Phi) is 4.32. The molecule has 0 bridgehead atoms. The van der Waals surface area contributed by atoms with Crippen LogP contribution in [-0.4, -0.2) is 14.5 Å². The Labute approximate surface area is 96.9 Å². The summed E-state index contributed by atoms with van der Waals surface area (Å²) in [7, 11) is -3.30. The normalized spacial score (nSPS) is 13.6. The number of rotatable bonds is 5. The molecule has 1 atom stereocenters. The molecule has 16 heavy (non-hydrogen) atoms. The van der Waals surface area contributed by atoms with Crippen molar-refractivity contribution in [2.24, 2.45) is 0 Å². The third-order valence-electron chi connectivity index (χ3n) is 2.39. The smallest absolute Gasteiger partial charge is 0.216 e. The van der Waals surface area contributed by atoms with Crippen molar-refractivity contribution in [1.29, 1.82) is 0 Å². The van der Waals surface area contributed by atoms with Crippen molar-refractivity contribution < 1.29 is 8.42 Å². The molecule has 5 heteroatoms. The van der Waals surface area contributed by atoms with Gasteiger partial charge < -0.3 is 5.73 Å². The first-order chi connectivity index (χ1) is 7.44. The average molecular weight is 242 g/mol. The molecular formula is C11H18N2O2S. The standard InChI is InChI=1S/C11H18N2O2S/c1-3-9(2)13-16(14,15)8-10-6-4-5-7-11(10)12/h4-7,9,13H,3,8,12H2,1-2H3. The molecular weight excluding hydrogens is 224 g/mol. The Morgan fingerprint density at radius 3 is 2.56 bits per heavy atom. The third-order valence-corrected chi connectivity index (χ3v) is 3.85. The summed E-state index contributed by atoms with van der Waals surface area (Å²) in [5, 5.41) is 0. The number of nitrogen functional groups attached to an aromatic ring is 1. The monoisotopic (exact) mass is 242 g/mol. The molecule has 1 aromatic carbocycles. The second-order valence-electron chi connectivity index (χ2n) is 3.89. The second-order valence-corrected chi connectivity index (χ2v) is 5.64. The molecule has 0 aliphatic rings. The summed E-state index contributed by atoms with van der Waals surface area (Å²) in [4.78, 5) is 0. The fourth-order valence-electron chi connectivity index (χ4n) is 1.30. The maximum absolute atomic E-state index is 11.8. The molecule has 4 nitrogen and oxygen atoms in total. The SMILES string of the molecule is CCC(C)NS(=O)(=O)Cc1ccccc1N. The summed E-state index contributed by atoms with van der Waals surface area (Å²) in [6, 6.07) is 6.95. The van der Waals surface area contributed by atoms with Gasteiger partial charge in [0.1, 0.15) is 0 Å². The average Bonchev–Trinajstić information content (AvgIpc) is 2.20. The van der Waals surface area contributed by atoms with E-state index in [1.807, 2.05) is 13.8 Å². The predicted octanol–water partition coefficient (Wildman–Crippen LogP) is 1.49. The van der Waals surface area contributed by atoms with Gasteiger partial charge in [0.25, 0.3) is 0 Å². The van der Waals surface area contributed by atoms with Crippen LogP contribution in [0.1, 0.15) is 25.8 Å². The van der Waals surface area contributed by atoms with Crippen LogP contribution in [0.15, 0.2) is 24.3 Å². The highest BCUT2D eigenvalue weighted by Gasteiger charge is 2.15. The van der Waals surface area contributed by atoms with Gasteiger partial charge in [0.15, 0.2) is 0 Å². The Balaban J connectivity index is 2.77. The highest BCUT2D eigenvalue weighted by molar-refractivity contribution is 7.88. The lowest BCUT2D eigenvalue weighted by molar-refractivity contribution is 0.555. The van der Waals surface area contributed by atoms with E-state index in [-0.39, 0.29) is 11.8 Å². The molecule has 0 saturated carbocycles. The van der Waals surface area contributed by atoms with Gasteiger partial charge in [-0.3, -0.25) is 0 Å². The highest BCUT2D eigenvalue weighted by atomic mass is 32.2. The van der Waals surface area contributed by atoms with Gasteiger partial charge in [-0.05, 0) is 25.0 Å². The van der Waals surface area contributed by atoms with Gasteiger partial charge in [0.05, 0.1) is 5.75 Å². The van der Waals surface area contributed by atoms with Crippen LogP contribution in [0.25, 0.3) is 0 Å². The summed E-state index contributed by atoms with van der Waals surface area (Å²) in [5.74, 6) is -0.0655. The van der Waals surface area contributed by atoms with Gasteiger partial charge in [-0.15, -0.1) is 0 Å². The number of nitrogens with two attached hydrogens (primary N) is 1. The van der Waals surface area contributed by atoms with Crippen LogP contribution in [0, 0.1) is 0 Å². The van der Waals surface area contributed by atoms with Crippen LogP contribution >= 0.6 is 0 Å². The Morgan fingerprint density at radius 2 is 2.00 bits per heavy atom. The summed E-state index contributed by atoms with van der Waals surface area (Å²) < 4.78 is 26.1. The fraction of sp³-hybridized carbons (Fsp3) is 0.455. The zero-order valence-corrected chi connectivity index (χ0v) is 10.4. The van der Waals surface area contributed by atoms with E-state index in [1.54, 1.807) is 24.3 Å². The van der Waals surface area contributed by atoms with Crippen molar-refractivity contribution in [2.75, 3.05) is 5.73 Å². The van der Waals surface area contributed by atoms with Crippen molar-refractivity contribution in [3.63, 3.8) is 0 Å². The summed E-state index contributed by atoms with van der Waals surface area (Å²) in [5.41, 5.74) is 6.85. The molecule has 0 aliphatic carbocycles. The van der Waals surface area contributed by atoms with E-state index < -0.39 is 10.0 Å². The van der Waals surface area contributed by atoms with Crippen LogP contribution in [0.4, 0.5) is 5.69 Å². The molecule has 0 aliphatic heterocycles. The van der Waals surface area contributed by atoms with E-state index in [1.165, 1.54) is 0 Å². The fourth-order valence-corrected chi connectivity index (χ4v) is 2.84. The second kappa shape index (κ2) is 5.32. The number of para-hydroxylation sites is 1. The number of sulfonamides is 1. The number of hydrogen-bond donors (Lipinski definition) is 2. The zero-order valence-electron chi connectivity index (χ0n) is 9.60. The quantitative estimate of drug-likeness (QED) is 0.768. The number of hydrogen-bond acceptors (Lipinski definition) is 3. The summed E-state index contributed by atoms with van der Waals surface area (Å²) >= 11 is 0. The number of benzene rings is 1. The minimum absolute atomic E-state index is 0.0464. The van der Waals surface area contributed by atoms with E-state index in [0.717, 1.165) is 6.42 Å². The molecule has 0 aromatic heterocycles. The van der Waals surface area contributed by atoms with Gasteiger partial charge >= 0.3 is 0 Å².